The molecule has 2 aromatic heterocycles. The fraction of sp³-hybridized carbons (Fsp3) is 0.200. The second-order valence-corrected chi connectivity index (χ2v) is 5.26. The van der Waals surface area contributed by atoms with Crippen molar-refractivity contribution in [2.45, 2.75) is 20.0 Å². The first kappa shape index (κ1) is 17.2. The van der Waals surface area contributed by atoms with Crippen LogP contribution in [0.15, 0.2) is 36.8 Å². The van der Waals surface area contributed by atoms with Crippen LogP contribution in [0.25, 0.3) is 0 Å². The first-order chi connectivity index (χ1) is 12.5. The van der Waals surface area contributed by atoms with Crippen molar-refractivity contribution in [1.82, 2.24) is 24.5 Å². The highest BCUT2D eigenvalue weighted by Crippen LogP contribution is 2.19. The third-order valence-corrected chi connectivity index (χ3v) is 3.58. The van der Waals surface area contributed by atoms with Gasteiger partial charge in [-0.3, -0.25) is 24.9 Å². The SMILES string of the molecule is CCn1ncc([N+](=O)[O-])c1C(=O)Nc1ncn(Cc2ccccc2F)n1. The number of anilines is 1. The minimum atomic E-state index is -0.750. The number of carbonyl (C=O) groups is 1. The number of nitrogens with zero attached hydrogens (tertiary/aromatic N) is 6. The minimum absolute atomic E-state index is 0.0514. The van der Waals surface area contributed by atoms with Crippen molar-refractivity contribution < 1.29 is 14.1 Å². The lowest BCUT2D eigenvalue weighted by Gasteiger charge is -2.04. The number of hydrogen-bond acceptors (Lipinski definition) is 6. The Hall–Kier alpha value is -3.63. The lowest BCUT2D eigenvalue weighted by Crippen LogP contribution is -2.19. The standard InChI is InChI=1S/C15H14FN7O3/c1-2-22-13(12(7-18-22)23(25)26)14(24)19-15-17-9-21(20-15)8-10-5-3-4-6-11(10)16/h3-7,9H,2,8H2,1H3,(H,19,20,24). The maximum absolute atomic E-state index is 13.7. The summed E-state index contributed by atoms with van der Waals surface area (Å²) in [5, 5.41) is 21.3. The average molecular weight is 359 g/mol. The predicted octanol–water partition coefficient (Wildman–Crippen LogP) is 1.84. The molecule has 10 nitrogen and oxygen atoms in total. The van der Waals surface area contributed by atoms with Gasteiger partial charge >= 0.3 is 5.69 Å². The lowest BCUT2D eigenvalue weighted by molar-refractivity contribution is -0.385. The Morgan fingerprint density at radius 1 is 1.38 bits per heavy atom. The van der Waals surface area contributed by atoms with Gasteiger partial charge in [0, 0.05) is 12.1 Å². The van der Waals surface area contributed by atoms with Crippen LogP contribution < -0.4 is 5.32 Å². The molecular formula is C15H14FN7O3. The van der Waals surface area contributed by atoms with E-state index in [-0.39, 0.29) is 30.5 Å². The molecule has 0 saturated carbocycles. The normalized spacial score (nSPS) is 10.7. The van der Waals surface area contributed by atoms with Gasteiger partial charge < -0.3 is 0 Å². The molecule has 3 rings (SSSR count). The molecule has 0 aliphatic carbocycles. The number of aromatic nitrogens is 5. The van der Waals surface area contributed by atoms with E-state index in [0.717, 1.165) is 6.20 Å². The molecule has 0 bridgehead atoms. The molecule has 1 aromatic carbocycles. The van der Waals surface area contributed by atoms with Crippen molar-refractivity contribution in [1.29, 1.82) is 0 Å². The third kappa shape index (κ3) is 3.41. The number of nitrogens with one attached hydrogen (secondary N) is 1. The van der Waals surface area contributed by atoms with Crippen molar-refractivity contribution in [2.24, 2.45) is 0 Å². The Morgan fingerprint density at radius 3 is 2.85 bits per heavy atom. The highest BCUT2D eigenvalue weighted by atomic mass is 19.1. The molecule has 0 unspecified atom stereocenters. The summed E-state index contributed by atoms with van der Waals surface area (Å²) < 4.78 is 16.2. The van der Waals surface area contributed by atoms with Gasteiger partial charge in [-0.1, -0.05) is 18.2 Å². The second-order valence-electron chi connectivity index (χ2n) is 5.26. The van der Waals surface area contributed by atoms with Gasteiger partial charge in [0.2, 0.25) is 11.6 Å². The summed E-state index contributed by atoms with van der Waals surface area (Å²) in [6.45, 7) is 2.11. The summed E-state index contributed by atoms with van der Waals surface area (Å²) in [6, 6.07) is 6.22. The van der Waals surface area contributed by atoms with Crippen molar-refractivity contribution >= 4 is 17.5 Å². The number of rotatable bonds is 6. The van der Waals surface area contributed by atoms with Crippen molar-refractivity contribution in [2.75, 3.05) is 5.32 Å². The topological polar surface area (TPSA) is 121 Å². The van der Waals surface area contributed by atoms with E-state index in [4.69, 9.17) is 0 Å². The number of nitro groups is 1. The van der Waals surface area contributed by atoms with E-state index in [9.17, 15) is 19.3 Å². The zero-order valence-electron chi connectivity index (χ0n) is 13.7. The molecule has 3 aromatic rings. The number of amides is 1. The highest BCUT2D eigenvalue weighted by molar-refractivity contribution is 6.04. The molecule has 0 saturated heterocycles. The molecule has 1 N–H and O–H groups in total. The molecule has 0 atom stereocenters. The third-order valence-electron chi connectivity index (χ3n) is 3.58. The summed E-state index contributed by atoms with van der Waals surface area (Å²) in [5.41, 5.74) is -0.187. The van der Waals surface area contributed by atoms with Gasteiger partial charge in [0.1, 0.15) is 18.3 Å². The van der Waals surface area contributed by atoms with E-state index in [1.165, 1.54) is 21.8 Å². The van der Waals surface area contributed by atoms with Crippen LogP contribution in [0.2, 0.25) is 0 Å². The Labute approximate surface area is 146 Å². The molecule has 134 valence electrons. The van der Waals surface area contributed by atoms with Crippen LogP contribution in [0, 0.1) is 15.9 Å². The molecule has 0 radical (unpaired) electrons. The quantitative estimate of drug-likeness (QED) is 0.529. The van der Waals surface area contributed by atoms with Crippen molar-refractivity contribution in [3.05, 3.63) is 64.0 Å². The monoisotopic (exact) mass is 359 g/mol. The van der Waals surface area contributed by atoms with Gasteiger partial charge in [-0.05, 0) is 13.0 Å². The Balaban J connectivity index is 1.77. The largest absolute Gasteiger partial charge is 0.320 e. The molecule has 0 aliphatic heterocycles. The molecule has 11 heteroatoms. The maximum Gasteiger partial charge on any atom is 0.320 e. The van der Waals surface area contributed by atoms with Gasteiger partial charge in [0.25, 0.3) is 5.91 Å². The fourth-order valence-electron chi connectivity index (χ4n) is 2.37. The Kier molecular flexibility index (Phi) is 4.69. The molecule has 0 spiro atoms. The molecule has 0 aliphatic rings. The maximum atomic E-state index is 13.7. The summed E-state index contributed by atoms with van der Waals surface area (Å²) in [4.78, 5) is 26.7. The zero-order chi connectivity index (χ0) is 18.7. The van der Waals surface area contributed by atoms with Gasteiger partial charge in [-0.25, -0.2) is 14.1 Å². The molecule has 0 fully saturated rings. The summed E-state index contributed by atoms with van der Waals surface area (Å²) in [5.74, 6) is -1.18. The average Bonchev–Trinajstić information content (AvgIpc) is 3.23. The van der Waals surface area contributed by atoms with Crippen LogP contribution in [0.3, 0.4) is 0 Å². The molecular weight excluding hydrogens is 345 g/mol. The minimum Gasteiger partial charge on any atom is -0.288 e. The fourth-order valence-corrected chi connectivity index (χ4v) is 2.37. The predicted molar refractivity (Wildman–Crippen MR) is 88.0 cm³/mol. The van der Waals surface area contributed by atoms with Crippen LogP contribution in [0.1, 0.15) is 23.0 Å². The first-order valence-corrected chi connectivity index (χ1v) is 7.64. The van der Waals surface area contributed by atoms with Crippen LogP contribution in [0.4, 0.5) is 16.0 Å². The van der Waals surface area contributed by atoms with Crippen LogP contribution in [-0.2, 0) is 13.1 Å². The lowest BCUT2D eigenvalue weighted by atomic mass is 10.2. The molecule has 26 heavy (non-hydrogen) atoms. The zero-order valence-corrected chi connectivity index (χ0v) is 13.7. The molecule has 1 amide bonds. The van der Waals surface area contributed by atoms with E-state index in [0.29, 0.717) is 5.56 Å². The number of halogens is 1. The van der Waals surface area contributed by atoms with E-state index in [1.54, 1.807) is 25.1 Å². The van der Waals surface area contributed by atoms with Gasteiger partial charge in [-0.15, -0.1) is 5.10 Å². The summed E-state index contributed by atoms with van der Waals surface area (Å²) >= 11 is 0. The second kappa shape index (κ2) is 7.09. The van der Waals surface area contributed by atoms with Crippen LogP contribution in [0.5, 0.6) is 0 Å². The van der Waals surface area contributed by atoms with E-state index in [2.05, 4.69) is 20.5 Å². The Bertz CT molecular complexity index is 966. The van der Waals surface area contributed by atoms with E-state index < -0.39 is 16.5 Å². The van der Waals surface area contributed by atoms with E-state index >= 15 is 0 Å². The summed E-state index contributed by atoms with van der Waals surface area (Å²) in [6.07, 6.45) is 2.34. The number of benzene rings is 1. The first-order valence-electron chi connectivity index (χ1n) is 7.64. The van der Waals surface area contributed by atoms with E-state index in [1.807, 2.05) is 0 Å². The number of hydrogen-bond donors (Lipinski definition) is 1. The summed E-state index contributed by atoms with van der Waals surface area (Å²) in [7, 11) is 0. The van der Waals surface area contributed by atoms with Crippen LogP contribution >= 0.6 is 0 Å². The van der Waals surface area contributed by atoms with Gasteiger partial charge in [0.15, 0.2) is 0 Å². The molecule has 2 heterocycles. The van der Waals surface area contributed by atoms with Crippen LogP contribution in [-0.4, -0.2) is 35.4 Å². The van der Waals surface area contributed by atoms with Gasteiger partial charge in [-0.2, -0.15) is 5.10 Å². The number of aryl methyl sites for hydroxylation is 1. The highest BCUT2D eigenvalue weighted by Gasteiger charge is 2.27. The smallest absolute Gasteiger partial charge is 0.288 e. The van der Waals surface area contributed by atoms with Crippen molar-refractivity contribution in [3.63, 3.8) is 0 Å². The number of carbonyl (C=O) groups excluding carboxylic acids is 1. The Morgan fingerprint density at radius 2 is 2.15 bits per heavy atom. The van der Waals surface area contributed by atoms with Gasteiger partial charge in [0.05, 0.1) is 11.5 Å². The van der Waals surface area contributed by atoms with Crippen molar-refractivity contribution in [3.8, 4) is 0 Å².